The Hall–Kier alpha value is -3.63. The fourth-order valence-corrected chi connectivity index (χ4v) is 4.07. The first-order valence-electron chi connectivity index (χ1n) is 10.2. The van der Waals surface area contributed by atoms with Gasteiger partial charge in [0.2, 0.25) is 5.75 Å². The minimum atomic E-state index is -4.44. The van der Waals surface area contributed by atoms with E-state index in [0.29, 0.717) is 54.2 Å². The molecule has 0 radical (unpaired) electrons. The molecule has 0 unspecified atom stereocenters. The summed E-state index contributed by atoms with van der Waals surface area (Å²) >= 11 is 0. The number of fused-ring (bicyclic) bond motifs is 1. The summed E-state index contributed by atoms with van der Waals surface area (Å²) in [6.45, 7) is 1.23. The summed E-state index contributed by atoms with van der Waals surface area (Å²) < 4.78 is 56.3. The first-order valence-corrected chi connectivity index (χ1v) is 10.2. The molecule has 0 amide bonds. The maximum Gasteiger partial charge on any atom is 0.418 e. The average molecular weight is 464 g/mol. The molecule has 3 aromatic rings. The zero-order chi connectivity index (χ0) is 23.8. The van der Waals surface area contributed by atoms with E-state index in [1.807, 2.05) is 0 Å². The molecule has 0 bridgehead atoms. The van der Waals surface area contributed by atoms with E-state index in [4.69, 9.17) is 14.2 Å². The summed E-state index contributed by atoms with van der Waals surface area (Å²) in [4.78, 5) is 16.2. The number of methoxy groups -OCH3 is 3. The number of benzene rings is 2. The van der Waals surface area contributed by atoms with Crippen LogP contribution in [0.25, 0.3) is 10.8 Å². The number of piperazine rings is 1. The highest BCUT2D eigenvalue weighted by molar-refractivity contribution is 5.91. The van der Waals surface area contributed by atoms with Crippen LogP contribution in [0.3, 0.4) is 0 Å². The standard InChI is InChI=1S/C22H23F3N4O4/c1-31-18-12-14-15(19(32-2)20(18)33-3)13-26-29(21(14)30)28-10-8-27(9-11-28)17-7-5-4-6-16(17)22(23,24)25/h4-7,12-13H,8-11H2,1-3H3. The summed E-state index contributed by atoms with van der Waals surface area (Å²) in [6, 6.07) is 7.06. The van der Waals surface area contributed by atoms with Gasteiger partial charge in [-0.3, -0.25) is 9.80 Å². The number of anilines is 1. The van der Waals surface area contributed by atoms with Gasteiger partial charge >= 0.3 is 6.18 Å². The van der Waals surface area contributed by atoms with Gasteiger partial charge in [0, 0.05) is 18.8 Å². The van der Waals surface area contributed by atoms with Crippen molar-refractivity contribution in [3.05, 3.63) is 52.4 Å². The molecule has 1 saturated heterocycles. The molecule has 0 N–H and O–H groups in total. The molecule has 1 aromatic heterocycles. The molecule has 1 fully saturated rings. The molecule has 0 saturated carbocycles. The first kappa shape index (κ1) is 22.6. The Morgan fingerprint density at radius 3 is 2.18 bits per heavy atom. The first-order chi connectivity index (χ1) is 15.8. The number of nitrogens with zero attached hydrogens (tertiary/aromatic N) is 4. The van der Waals surface area contributed by atoms with Gasteiger partial charge in [0.15, 0.2) is 11.5 Å². The van der Waals surface area contributed by atoms with Crippen LogP contribution in [0.1, 0.15) is 5.56 Å². The highest BCUT2D eigenvalue weighted by Gasteiger charge is 2.35. The lowest BCUT2D eigenvalue weighted by Gasteiger charge is -2.37. The summed E-state index contributed by atoms with van der Waals surface area (Å²) in [5.74, 6) is 1.02. The van der Waals surface area contributed by atoms with Crippen molar-refractivity contribution in [3.63, 3.8) is 0 Å². The zero-order valence-corrected chi connectivity index (χ0v) is 18.3. The van der Waals surface area contributed by atoms with Gasteiger partial charge in [-0.1, -0.05) is 12.1 Å². The molecule has 4 rings (SSSR count). The number of halogens is 3. The summed E-state index contributed by atoms with van der Waals surface area (Å²) in [6.07, 6.45) is -2.94. The molecule has 0 atom stereocenters. The van der Waals surface area contributed by atoms with Gasteiger partial charge in [-0.2, -0.15) is 18.3 Å². The van der Waals surface area contributed by atoms with Crippen LogP contribution in [0.2, 0.25) is 0 Å². The predicted octanol–water partition coefficient (Wildman–Crippen LogP) is 2.90. The molecule has 0 spiro atoms. The molecule has 8 nitrogen and oxygen atoms in total. The molecule has 2 aromatic carbocycles. The van der Waals surface area contributed by atoms with E-state index in [-0.39, 0.29) is 5.69 Å². The molecule has 33 heavy (non-hydrogen) atoms. The normalized spacial score (nSPS) is 14.5. The Morgan fingerprint density at radius 2 is 1.58 bits per heavy atom. The summed E-state index contributed by atoms with van der Waals surface area (Å²) in [5.41, 5.74) is -0.937. The number of aromatic nitrogens is 2. The maximum absolute atomic E-state index is 13.4. The fraction of sp³-hybridized carbons (Fsp3) is 0.364. The van der Waals surface area contributed by atoms with Gasteiger partial charge < -0.3 is 19.1 Å². The number of para-hydroxylation sites is 1. The van der Waals surface area contributed by atoms with E-state index in [1.165, 1.54) is 44.4 Å². The third kappa shape index (κ3) is 3.98. The lowest BCUT2D eigenvalue weighted by molar-refractivity contribution is -0.137. The van der Waals surface area contributed by atoms with Crippen LogP contribution in [-0.4, -0.2) is 57.4 Å². The molecular formula is C22H23F3N4O4. The summed E-state index contributed by atoms with van der Waals surface area (Å²) in [7, 11) is 4.39. The molecule has 1 aliphatic heterocycles. The monoisotopic (exact) mass is 464 g/mol. The van der Waals surface area contributed by atoms with E-state index < -0.39 is 17.3 Å². The Labute approximate surface area is 187 Å². The van der Waals surface area contributed by atoms with Crippen molar-refractivity contribution < 1.29 is 27.4 Å². The van der Waals surface area contributed by atoms with Crippen LogP contribution in [0.5, 0.6) is 17.2 Å². The van der Waals surface area contributed by atoms with Crippen LogP contribution in [0, 0.1) is 0 Å². The van der Waals surface area contributed by atoms with Gasteiger partial charge in [0.1, 0.15) is 0 Å². The van der Waals surface area contributed by atoms with Gasteiger partial charge in [-0.15, -0.1) is 4.79 Å². The Morgan fingerprint density at radius 1 is 0.909 bits per heavy atom. The average Bonchev–Trinajstić information content (AvgIpc) is 2.82. The van der Waals surface area contributed by atoms with Crippen LogP contribution in [0.15, 0.2) is 41.3 Å². The number of alkyl halides is 3. The SMILES string of the molecule is COc1cc2c(=O)n(N3CCN(c4ccccc4C(F)(F)F)CC3)ncc2c(OC)c1OC. The smallest absolute Gasteiger partial charge is 0.418 e. The van der Waals surface area contributed by atoms with Crippen molar-refractivity contribution in [2.24, 2.45) is 0 Å². The second-order valence-corrected chi connectivity index (χ2v) is 7.40. The highest BCUT2D eigenvalue weighted by atomic mass is 19.4. The number of hydrogen-bond donors (Lipinski definition) is 0. The summed E-state index contributed by atoms with van der Waals surface area (Å²) in [5, 5.41) is 6.78. The second-order valence-electron chi connectivity index (χ2n) is 7.40. The Kier molecular flexibility index (Phi) is 5.96. The van der Waals surface area contributed by atoms with Crippen molar-refractivity contribution in [1.29, 1.82) is 0 Å². The van der Waals surface area contributed by atoms with Gasteiger partial charge in [0.25, 0.3) is 5.56 Å². The van der Waals surface area contributed by atoms with Crippen LogP contribution in [-0.2, 0) is 6.18 Å². The van der Waals surface area contributed by atoms with Crippen LogP contribution >= 0.6 is 0 Å². The number of ether oxygens (including phenoxy) is 3. The molecule has 2 heterocycles. The largest absolute Gasteiger partial charge is 0.493 e. The maximum atomic E-state index is 13.4. The molecular weight excluding hydrogens is 441 g/mol. The van der Waals surface area contributed by atoms with Crippen molar-refractivity contribution in [3.8, 4) is 17.2 Å². The van der Waals surface area contributed by atoms with E-state index in [1.54, 1.807) is 22.0 Å². The van der Waals surface area contributed by atoms with E-state index in [2.05, 4.69) is 5.10 Å². The lowest BCUT2D eigenvalue weighted by Crippen LogP contribution is -2.55. The van der Waals surface area contributed by atoms with Crippen molar-refractivity contribution in [2.75, 3.05) is 57.4 Å². The number of rotatable bonds is 5. The van der Waals surface area contributed by atoms with Gasteiger partial charge in [0.05, 0.1) is 57.0 Å². The van der Waals surface area contributed by atoms with Crippen molar-refractivity contribution in [2.45, 2.75) is 6.18 Å². The minimum absolute atomic E-state index is 0.130. The zero-order valence-electron chi connectivity index (χ0n) is 18.3. The Bertz CT molecular complexity index is 1220. The van der Waals surface area contributed by atoms with Crippen LogP contribution < -0.4 is 29.7 Å². The van der Waals surface area contributed by atoms with E-state index in [0.717, 1.165) is 6.07 Å². The minimum Gasteiger partial charge on any atom is -0.493 e. The third-order valence-electron chi connectivity index (χ3n) is 5.65. The molecule has 176 valence electrons. The topological polar surface area (TPSA) is 69.1 Å². The van der Waals surface area contributed by atoms with Crippen LogP contribution in [0.4, 0.5) is 18.9 Å². The van der Waals surface area contributed by atoms with E-state index >= 15 is 0 Å². The third-order valence-corrected chi connectivity index (χ3v) is 5.65. The quantitative estimate of drug-likeness (QED) is 0.575. The highest BCUT2D eigenvalue weighted by Crippen LogP contribution is 2.42. The van der Waals surface area contributed by atoms with Crippen molar-refractivity contribution in [1.82, 2.24) is 9.89 Å². The fourth-order valence-electron chi connectivity index (χ4n) is 4.07. The van der Waals surface area contributed by atoms with Gasteiger partial charge in [-0.05, 0) is 18.2 Å². The molecule has 1 aliphatic rings. The second kappa shape index (κ2) is 8.72. The molecule has 0 aliphatic carbocycles. The Balaban J connectivity index is 1.65. The van der Waals surface area contributed by atoms with E-state index in [9.17, 15) is 18.0 Å². The lowest BCUT2D eigenvalue weighted by atomic mass is 10.1. The van der Waals surface area contributed by atoms with Gasteiger partial charge in [-0.25, -0.2) is 0 Å². The van der Waals surface area contributed by atoms with Crippen molar-refractivity contribution >= 4 is 16.5 Å². The number of hydrogen-bond acceptors (Lipinski definition) is 7. The predicted molar refractivity (Wildman–Crippen MR) is 117 cm³/mol. The molecule has 11 heteroatoms.